The van der Waals surface area contributed by atoms with Crippen molar-refractivity contribution in [3.63, 3.8) is 0 Å². The zero-order valence-electron chi connectivity index (χ0n) is 16.8. The maximum atomic E-state index is 12.9. The lowest BCUT2D eigenvalue weighted by molar-refractivity contribution is -0.131. The van der Waals surface area contributed by atoms with Crippen molar-refractivity contribution in [2.24, 2.45) is 0 Å². The predicted octanol–water partition coefficient (Wildman–Crippen LogP) is 4.28. The summed E-state index contributed by atoms with van der Waals surface area (Å²) in [5, 5.41) is 2.88. The molecule has 2 atom stereocenters. The number of Topliss-reactive ketones (excluding diaryl/α,β-unsaturated/α-hetero) is 1. The molecule has 6 heteroatoms. The van der Waals surface area contributed by atoms with Gasteiger partial charge in [-0.3, -0.25) is 9.59 Å². The van der Waals surface area contributed by atoms with Gasteiger partial charge in [-0.1, -0.05) is 48.5 Å². The number of thioether (sulfide) groups is 1. The highest BCUT2D eigenvalue weighted by molar-refractivity contribution is 7.99. The summed E-state index contributed by atoms with van der Waals surface area (Å²) in [6.07, 6.45) is 1.34. The summed E-state index contributed by atoms with van der Waals surface area (Å²) < 4.78 is 11.0. The number of ketones is 1. The Hall–Kier alpha value is -2.99. The van der Waals surface area contributed by atoms with Gasteiger partial charge in [0.25, 0.3) is 5.91 Å². The van der Waals surface area contributed by atoms with Gasteiger partial charge in [0.1, 0.15) is 11.5 Å². The molecule has 5 nitrogen and oxygen atoms in total. The standard InChI is InChI=1S/C24H25NO4S/c1-18(29-20-11-6-3-7-12-20)24(27)25-22(15-19-9-4-2-5-10-19)23(26)17-30-16-21-13-8-14-28-21/h2-14,18,22H,15-17H2,1H3,(H,25,27)/t18?,22-/m0/s1. The van der Waals surface area contributed by atoms with E-state index in [0.29, 0.717) is 17.9 Å². The van der Waals surface area contributed by atoms with Crippen LogP contribution in [0.2, 0.25) is 0 Å². The van der Waals surface area contributed by atoms with Gasteiger partial charge in [-0.2, -0.15) is 0 Å². The van der Waals surface area contributed by atoms with E-state index in [0.717, 1.165) is 11.3 Å². The molecule has 3 rings (SSSR count). The first-order chi connectivity index (χ1) is 14.6. The van der Waals surface area contributed by atoms with E-state index in [-0.39, 0.29) is 17.4 Å². The van der Waals surface area contributed by atoms with Crippen LogP contribution in [0.1, 0.15) is 18.2 Å². The summed E-state index contributed by atoms with van der Waals surface area (Å²) in [6, 6.07) is 21.9. The second kappa shape index (κ2) is 11.3. The molecule has 0 saturated carbocycles. The van der Waals surface area contributed by atoms with Gasteiger partial charge >= 0.3 is 0 Å². The fourth-order valence-corrected chi connectivity index (χ4v) is 3.76. The number of carbonyl (C=O) groups is 2. The molecule has 1 amide bonds. The van der Waals surface area contributed by atoms with Crippen molar-refractivity contribution in [2.45, 2.75) is 31.2 Å². The van der Waals surface area contributed by atoms with Crippen molar-refractivity contribution >= 4 is 23.5 Å². The zero-order chi connectivity index (χ0) is 21.2. The van der Waals surface area contributed by atoms with Gasteiger partial charge in [0.2, 0.25) is 0 Å². The highest BCUT2D eigenvalue weighted by Gasteiger charge is 2.24. The van der Waals surface area contributed by atoms with Gasteiger partial charge in [-0.15, -0.1) is 11.8 Å². The quantitative estimate of drug-likeness (QED) is 0.499. The van der Waals surface area contributed by atoms with Crippen LogP contribution in [0.5, 0.6) is 5.75 Å². The average Bonchev–Trinajstić information content (AvgIpc) is 3.28. The third-order valence-electron chi connectivity index (χ3n) is 4.48. The lowest BCUT2D eigenvalue weighted by Crippen LogP contribution is -2.48. The van der Waals surface area contributed by atoms with E-state index in [1.54, 1.807) is 25.3 Å². The molecule has 1 heterocycles. The summed E-state index contributed by atoms with van der Waals surface area (Å²) in [6.45, 7) is 1.68. The Balaban J connectivity index is 1.60. The molecule has 1 N–H and O–H groups in total. The summed E-state index contributed by atoms with van der Waals surface area (Å²) >= 11 is 1.47. The molecule has 0 radical (unpaired) electrons. The van der Waals surface area contributed by atoms with Crippen LogP contribution in [0.3, 0.4) is 0 Å². The Kier molecular flexibility index (Phi) is 8.15. The molecular formula is C24H25NO4S. The van der Waals surface area contributed by atoms with Gasteiger partial charge in [0.15, 0.2) is 11.9 Å². The Labute approximate surface area is 180 Å². The lowest BCUT2D eigenvalue weighted by Gasteiger charge is -2.21. The number of ether oxygens (including phenoxy) is 1. The van der Waals surface area contributed by atoms with Crippen molar-refractivity contribution in [2.75, 3.05) is 5.75 Å². The lowest BCUT2D eigenvalue weighted by atomic mass is 10.0. The molecule has 1 unspecified atom stereocenters. The van der Waals surface area contributed by atoms with E-state index in [1.807, 2.05) is 60.7 Å². The van der Waals surface area contributed by atoms with Crippen LogP contribution in [0.25, 0.3) is 0 Å². The molecular weight excluding hydrogens is 398 g/mol. The average molecular weight is 424 g/mol. The topological polar surface area (TPSA) is 68.5 Å². The minimum absolute atomic E-state index is 0.0318. The highest BCUT2D eigenvalue weighted by atomic mass is 32.2. The SMILES string of the molecule is CC(Oc1ccccc1)C(=O)N[C@@H](Cc1ccccc1)C(=O)CSCc1ccco1. The number of benzene rings is 2. The maximum Gasteiger partial charge on any atom is 0.261 e. The Morgan fingerprint density at radius 1 is 1.00 bits per heavy atom. The van der Waals surface area contributed by atoms with Crippen molar-refractivity contribution < 1.29 is 18.7 Å². The fraction of sp³-hybridized carbons (Fsp3) is 0.250. The number of carbonyl (C=O) groups excluding carboxylic acids is 2. The molecule has 30 heavy (non-hydrogen) atoms. The number of hydrogen-bond acceptors (Lipinski definition) is 5. The van der Waals surface area contributed by atoms with Crippen LogP contribution in [-0.4, -0.2) is 29.6 Å². The molecule has 2 aromatic carbocycles. The molecule has 1 aromatic heterocycles. The van der Waals surface area contributed by atoms with Crippen LogP contribution >= 0.6 is 11.8 Å². The largest absolute Gasteiger partial charge is 0.481 e. The molecule has 3 aromatic rings. The molecule has 0 aliphatic carbocycles. The van der Waals surface area contributed by atoms with E-state index in [4.69, 9.17) is 9.15 Å². The van der Waals surface area contributed by atoms with Crippen molar-refractivity contribution in [3.05, 3.63) is 90.4 Å². The van der Waals surface area contributed by atoms with E-state index in [9.17, 15) is 9.59 Å². The van der Waals surface area contributed by atoms with E-state index < -0.39 is 12.1 Å². The minimum Gasteiger partial charge on any atom is -0.481 e. The van der Waals surface area contributed by atoms with Gasteiger partial charge in [0.05, 0.1) is 23.8 Å². The Morgan fingerprint density at radius 3 is 2.37 bits per heavy atom. The number of rotatable bonds is 11. The summed E-state index contributed by atoms with van der Waals surface area (Å²) in [5.41, 5.74) is 0.990. The molecule has 156 valence electrons. The van der Waals surface area contributed by atoms with Crippen LogP contribution in [-0.2, 0) is 21.8 Å². The van der Waals surface area contributed by atoms with E-state index >= 15 is 0 Å². The van der Waals surface area contributed by atoms with Crippen molar-refractivity contribution in [3.8, 4) is 5.75 Å². The Bertz CT molecular complexity index is 913. The van der Waals surface area contributed by atoms with Crippen molar-refractivity contribution in [1.82, 2.24) is 5.32 Å². The van der Waals surface area contributed by atoms with Crippen LogP contribution in [0.4, 0.5) is 0 Å². The minimum atomic E-state index is -0.714. The van der Waals surface area contributed by atoms with Gasteiger partial charge < -0.3 is 14.5 Å². The summed E-state index contributed by atoms with van der Waals surface area (Å²) in [4.78, 5) is 25.6. The van der Waals surface area contributed by atoms with Crippen LogP contribution in [0, 0.1) is 0 Å². The molecule has 0 bridgehead atoms. The number of nitrogens with one attached hydrogen (secondary N) is 1. The van der Waals surface area contributed by atoms with Crippen molar-refractivity contribution in [1.29, 1.82) is 0 Å². The molecule has 0 spiro atoms. The second-order valence-corrected chi connectivity index (χ2v) is 7.85. The smallest absolute Gasteiger partial charge is 0.261 e. The maximum absolute atomic E-state index is 12.9. The predicted molar refractivity (Wildman–Crippen MR) is 118 cm³/mol. The van der Waals surface area contributed by atoms with Crippen LogP contribution in [0.15, 0.2) is 83.5 Å². The molecule has 0 aliphatic heterocycles. The normalized spacial score (nSPS) is 12.7. The third kappa shape index (κ3) is 6.81. The number of furan rings is 1. The van der Waals surface area contributed by atoms with E-state index in [1.165, 1.54) is 11.8 Å². The first-order valence-electron chi connectivity index (χ1n) is 9.80. The first-order valence-corrected chi connectivity index (χ1v) is 11.0. The fourth-order valence-electron chi connectivity index (χ4n) is 2.89. The Morgan fingerprint density at radius 2 is 1.70 bits per heavy atom. The number of hydrogen-bond donors (Lipinski definition) is 1. The molecule has 0 saturated heterocycles. The number of para-hydroxylation sites is 1. The monoisotopic (exact) mass is 423 g/mol. The van der Waals surface area contributed by atoms with Crippen LogP contribution < -0.4 is 10.1 Å². The molecule has 0 aliphatic rings. The summed E-state index contributed by atoms with van der Waals surface area (Å²) in [5.74, 6) is 1.98. The van der Waals surface area contributed by atoms with Gasteiger partial charge in [-0.05, 0) is 43.2 Å². The molecule has 0 fully saturated rings. The zero-order valence-corrected chi connectivity index (χ0v) is 17.6. The van der Waals surface area contributed by atoms with Gasteiger partial charge in [-0.25, -0.2) is 0 Å². The number of amides is 1. The third-order valence-corrected chi connectivity index (χ3v) is 5.46. The second-order valence-electron chi connectivity index (χ2n) is 6.86. The summed E-state index contributed by atoms with van der Waals surface area (Å²) in [7, 11) is 0. The first kappa shape index (κ1) is 21.7. The highest BCUT2D eigenvalue weighted by Crippen LogP contribution is 2.15. The van der Waals surface area contributed by atoms with E-state index in [2.05, 4.69) is 5.32 Å². The van der Waals surface area contributed by atoms with Gasteiger partial charge in [0, 0.05) is 0 Å².